The molecule has 38 heavy (non-hydrogen) atoms. The van der Waals surface area contributed by atoms with Crippen LogP contribution in [0.5, 0.6) is 5.75 Å². The lowest BCUT2D eigenvalue weighted by molar-refractivity contribution is 0.0384. The van der Waals surface area contributed by atoms with E-state index in [0.717, 1.165) is 92.5 Å². The zero-order valence-corrected chi connectivity index (χ0v) is 23.2. The summed E-state index contributed by atoms with van der Waals surface area (Å²) in [5, 5.41) is 28.5. The molecule has 2 saturated heterocycles. The summed E-state index contributed by atoms with van der Waals surface area (Å²) in [7, 11) is 0. The lowest BCUT2D eigenvalue weighted by atomic mass is 9.71. The number of hydrogen-bond acceptors (Lipinski definition) is 10. The van der Waals surface area contributed by atoms with E-state index >= 15 is 0 Å². The molecule has 7 N–H and O–H groups in total. The van der Waals surface area contributed by atoms with Crippen LogP contribution >= 0.6 is 11.3 Å². The summed E-state index contributed by atoms with van der Waals surface area (Å²) in [6.07, 6.45) is 3.52. The van der Waals surface area contributed by atoms with E-state index in [1.165, 1.54) is 24.2 Å². The minimum Gasteiger partial charge on any atom is -0.492 e. The Labute approximate surface area is 229 Å². The fraction of sp³-hybridized carbons (Fsp3) is 0.607. The number of benzene rings is 1. The molecular formula is C28H41N7O2S. The van der Waals surface area contributed by atoms with Crippen LogP contribution in [0.3, 0.4) is 0 Å². The summed E-state index contributed by atoms with van der Waals surface area (Å²) in [6, 6.07) is 8.46. The van der Waals surface area contributed by atoms with Crippen molar-refractivity contribution in [1.82, 2.24) is 15.5 Å². The molecule has 10 heteroatoms. The molecule has 9 nitrogen and oxygen atoms in total. The molecule has 0 saturated carbocycles. The predicted molar refractivity (Wildman–Crippen MR) is 153 cm³/mol. The van der Waals surface area contributed by atoms with Crippen LogP contribution in [0, 0.1) is 11.3 Å². The largest absolute Gasteiger partial charge is 0.492 e. The second-order valence-electron chi connectivity index (χ2n) is 11.0. The maximum atomic E-state index is 11.5. The van der Waals surface area contributed by atoms with E-state index in [4.69, 9.17) is 16.2 Å². The van der Waals surface area contributed by atoms with Crippen LogP contribution in [0.15, 0.2) is 18.2 Å². The zero-order chi connectivity index (χ0) is 26.7. The zero-order valence-electron chi connectivity index (χ0n) is 22.3. The number of ether oxygens (including phenoxy) is 1. The summed E-state index contributed by atoms with van der Waals surface area (Å²) >= 11 is 1.47. The van der Waals surface area contributed by atoms with Gasteiger partial charge in [0, 0.05) is 54.8 Å². The highest BCUT2D eigenvalue weighted by Gasteiger charge is 2.43. The number of aliphatic hydroxyl groups is 1. The highest BCUT2D eigenvalue weighted by atomic mass is 32.1. The smallest absolute Gasteiger partial charge is 0.121 e. The monoisotopic (exact) mass is 539 g/mol. The number of aryl methyl sites for hydroxylation is 1. The van der Waals surface area contributed by atoms with E-state index in [1.807, 2.05) is 13.0 Å². The highest BCUT2D eigenvalue weighted by Crippen LogP contribution is 2.47. The van der Waals surface area contributed by atoms with Crippen LogP contribution in [0.4, 0.5) is 10.7 Å². The standard InChI is InChI=1S/C28H41N7O2S/c1-28(6-4-5-23-24(28)22(18-29)26(31)38-23)27(36)33-25(30)19-15-20(35-11-7-32-8-12-35)17-21(16-19)37-14-13-34-9-2-3-10-34/h15-17,25,27,32-33,36H,2-14,30-31H2,1H3. The molecular weight excluding hydrogens is 498 g/mol. The summed E-state index contributed by atoms with van der Waals surface area (Å²) < 4.78 is 6.23. The third kappa shape index (κ3) is 5.64. The van der Waals surface area contributed by atoms with Crippen LogP contribution in [0.25, 0.3) is 0 Å². The number of piperazine rings is 1. The first-order valence-electron chi connectivity index (χ1n) is 13.9. The predicted octanol–water partition coefficient (Wildman–Crippen LogP) is 2.25. The Hall–Kier alpha value is -2.39. The van der Waals surface area contributed by atoms with Crippen molar-refractivity contribution in [2.24, 2.45) is 5.73 Å². The van der Waals surface area contributed by atoms with Gasteiger partial charge in [0.15, 0.2) is 0 Å². The number of nitrogens with one attached hydrogen (secondary N) is 2. The third-order valence-electron chi connectivity index (χ3n) is 8.36. The van der Waals surface area contributed by atoms with Crippen molar-refractivity contribution in [2.45, 2.75) is 56.8 Å². The number of rotatable bonds is 9. The normalized spacial score (nSPS) is 23.6. The molecule has 206 valence electrons. The summed E-state index contributed by atoms with van der Waals surface area (Å²) in [5.41, 5.74) is 15.5. The lowest BCUT2D eigenvalue weighted by Gasteiger charge is -2.40. The van der Waals surface area contributed by atoms with Crippen LogP contribution in [-0.2, 0) is 11.8 Å². The molecule has 3 unspecified atom stereocenters. The molecule has 3 aliphatic rings. The first-order chi connectivity index (χ1) is 18.4. The summed E-state index contributed by atoms with van der Waals surface area (Å²) in [4.78, 5) is 5.88. The molecule has 2 aliphatic heterocycles. The van der Waals surface area contributed by atoms with Gasteiger partial charge in [0.2, 0.25) is 0 Å². The van der Waals surface area contributed by atoms with Gasteiger partial charge in [-0.3, -0.25) is 10.2 Å². The third-order valence-corrected chi connectivity index (χ3v) is 9.44. The van der Waals surface area contributed by atoms with Gasteiger partial charge in [0.25, 0.3) is 0 Å². The van der Waals surface area contributed by atoms with Crippen molar-refractivity contribution < 1.29 is 9.84 Å². The molecule has 0 amide bonds. The molecule has 2 fully saturated rings. The van der Waals surface area contributed by atoms with Gasteiger partial charge in [-0.05, 0) is 68.5 Å². The van der Waals surface area contributed by atoms with Gasteiger partial charge in [0.1, 0.15) is 29.7 Å². The summed E-state index contributed by atoms with van der Waals surface area (Å²) in [6.45, 7) is 9.55. The van der Waals surface area contributed by atoms with Crippen LogP contribution < -0.4 is 31.7 Å². The van der Waals surface area contributed by atoms with Crippen LogP contribution in [0.2, 0.25) is 0 Å². The van der Waals surface area contributed by atoms with Crippen molar-refractivity contribution in [2.75, 3.05) is 63.1 Å². The van der Waals surface area contributed by atoms with Gasteiger partial charge in [-0.1, -0.05) is 6.92 Å². The number of hydrogen-bond donors (Lipinski definition) is 5. The van der Waals surface area contributed by atoms with Gasteiger partial charge in [-0.2, -0.15) is 5.26 Å². The molecule has 3 atom stereocenters. The Morgan fingerprint density at radius 2 is 1.97 bits per heavy atom. The van der Waals surface area contributed by atoms with E-state index in [0.29, 0.717) is 17.2 Å². The molecule has 2 aromatic rings. The number of thiophene rings is 1. The number of nitriles is 1. The Morgan fingerprint density at radius 1 is 1.21 bits per heavy atom. The number of likely N-dealkylation sites (tertiary alicyclic amines) is 1. The molecule has 0 spiro atoms. The van der Waals surface area contributed by atoms with Gasteiger partial charge in [-0.15, -0.1) is 11.3 Å². The number of nitrogen functional groups attached to an aromatic ring is 1. The van der Waals surface area contributed by atoms with Gasteiger partial charge < -0.3 is 31.5 Å². The van der Waals surface area contributed by atoms with Crippen molar-refractivity contribution in [1.29, 1.82) is 5.26 Å². The highest BCUT2D eigenvalue weighted by molar-refractivity contribution is 7.16. The number of nitrogens with zero attached hydrogens (tertiary/aromatic N) is 3. The van der Waals surface area contributed by atoms with E-state index in [2.05, 4.69) is 38.6 Å². The fourth-order valence-corrected chi connectivity index (χ4v) is 7.33. The van der Waals surface area contributed by atoms with Crippen molar-refractivity contribution in [3.63, 3.8) is 0 Å². The van der Waals surface area contributed by atoms with Crippen molar-refractivity contribution in [3.05, 3.63) is 39.8 Å². The Kier molecular flexibility index (Phi) is 8.43. The number of nitrogens with two attached hydrogens (primary N) is 2. The first kappa shape index (κ1) is 27.2. The Bertz CT molecular complexity index is 1150. The lowest BCUT2D eigenvalue weighted by Crippen LogP contribution is -2.51. The van der Waals surface area contributed by atoms with E-state index in [1.54, 1.807) is 0 Å². The fourth-order valence-electron chi connectivity index (χ4n) is 6.13. The minimum atomic E-state index is -0.944. The molecule has 5 rings (SSSR count). The molecule has 3 heterocycles. The first-order valence-corrected chi connectivity index (χ1v) is 14.7. The molecule has 1 aromatic carbocycles. The Morgan fingerprint density at radius 3 is 2.71 bits per heavy atom. The maximum Gasteiger partial charge on any atom is 0.121 e. The van der Waals surface area contributed by atoms with E-state index < -0.39 is 17.8 Å². The molecule has 1 aromatic heterocycles. The van der Waals surface area contributed by atoms with E-state index in [-0.39, 0.29) is 0 Å². The number of fused-ring (bicyclic) bond motifs is 1. The van der Waals surface area contributed by atoms with Gasteiger partial charge in [-0.25, -0.2) is 0 Å². The quantitative estimate of drug-likeness (QED) is 0.304. The van der Waals surface area contributed by atoms with E-state index in [9.17, 15) is 10.4 Å². The van der Waals surface area contributed by atoms with Crippen molar-refractivity contribution >= 4 is 22.0 Å². The second-order valence-corrected chi connectivity index (χ2v) is 12.1. The average Bonchev–Trinajstić information content (AvgIpc) is 3.56. The average molecular weight is 540 g/mol. The topological polar surface area (TPSA) is 136 Å². The number of aliphatic hydroxyl groups excluding tert-OH is 1. The minimum absolute atomic E-state index is 0.496. The molecule has 0 radical (unpaired) electrons. The Balaban J connectivity index is 1.35. The second kappa shape index (κ2) is 11.8. The molecule has 0 bridgehead atoms. The maximum absolute atomic E-state index is 11.5. The van der Waals surface area contributed by atoms with Crippen molar-refractivity contribution in [3.8, 4) is 11.8 Å². The summed E-state index contributed by atoms with van der Waals surface area (Å²) in [5.74, 6) is 0.797. The van der Waals surface area contributed by atoms with Gasteiger partial charge >= 0.3 is 0 Å². The number of anilines is 2. The van der Waals surface area contributed by atoms with Crippen LogP contribution in [0.1, 0.15) is 60.3 Å². The molecule has 1 aliphatic carbocycles. The van der Waals surface area contributed by atoms with Crippen LogP contribution in [-0.4, -0.2) is 68.7 Å². The van der Waals surface area contributed by atoms with Gasteiger partial charge in [0.05, 0.1) is 11.7 Å². The SMILES string of the molecule is CC1(C(O)NC(N)c2cc(OCCN3CCCC3)cc(N3CCNCC3)c2)CCCc2sc(N)c(C#N)c21.